The van der Waals surface area contributed by atoms with Crippen LogP contribution in [-0.4, -0.2) is 18.5 Å². The van der Waals surface area contributed by atoms with Crippen molar-refractivity contribution in [2.24, 2.45) is 22.6 Å². The first-order valence-electron chi connectivity index (χ1n) is 8.46. The lowest BCUT2D eigenvalue weighted by Crippen LogP contribution is -2.31. The van der Waals surface area contributed by atoms with Crippen molar-refractivity contribution >= 4 is 5.84 Å². The van der Waals surface area contributed by atoms with Crippen molar-refractivity contribution in [3.63, 3.8) is 0 Å². The summed E-state index contributed by atoms with van der Waals surface area (Å²) in [5.74, 6) is 3.11. The van der Waals surface area contributed by atoms with E-state index in [1.165, 1.54) is 18.4 Å². The van der Waals surface area contributed by atoms with Crippen molar-refractivity contribution < 1.29 is 4.74 Å². The normalized spacial score (nSPS) is 26.7. The highest BCUT2D eigenvalue weighted by Gasteiger charge is 2.37. The highest BCUT2D eigenvalue weighted by atomic mass is 16.5. The molecule has 0 amide bonds. The standard InChI is InChI=1S/C19H26N2O/c1-3-13(4-2)12-21-19(20)14-9-10-18-16(11-14)15-7-5-6-8-17(15)22-18/h5-10,13-14,16,18H,3-4,11-12H2,1-2H3,(H2,20,21). The molecule has 3 atom stereocenters. The minimum Gasteiger partial charge on any atom is -0.485 e. The van der Waals surface area contributed by atoms with Gasteiger partial charge in [-0.05, 0) is 24.5 Å². The van der Waals surface area contributed by atoms with Crippen LogP contribution in [-0.2, 0) is 0 Å². The summed E-state index contributed by atoms with van der Waals surface area (Å²) >= 11 is 0. The maximum atomic E-state index is 6.27. The second kappa shape index (κ2) is 6.55. The fraction of sp³-hybridized carbons (Fsp3) is 0.526. The molecule has 118 valence electrons. The van der Waals surface area contributed by atoms with Crippen LogP contribution in [0.3, 0.4) is 0 Å². The molecule has 1 heterocycles. The molecule has 0 radical (unpaired) electrons. The van der Waals surface area contributed by atoms with E-state index in [0.29, 0.717) is 11.8 Å². The third-order valence-electron chi connectivity index (χ3n) is 5.09. The number of ether oxygens (including phenoxy) is 1. The van der Waals surface area contributed by atoms with Gasteiger partial charge in [-0.2, -0.15) is 0 Å². The average molecular weight is 298 g/mol. The van der Waals surface area contributed by atoms with Gasteiger partial charge in [0.05, 0.1) is 0 Å². The van der Waals surface area contributed by atoms with E-state index in [4.69, 9.17) is 10.5 Å². The van der Waals surface area contributed by atoms with Gasteiger partial charge in [-0.25, -0.2) is 0 Å². The predicted octanol–water partition coefficient (Wildman–Crippen LogP) is 3.90. The molecule has 22 heavy (non-hydrogen) atoms. The number of hydrogen-bond donors (Lipinski definition) is 1. The van der Waals surface area contributed by atoms with Crippen molar-refractivity contribution in [2.45, 2.75) is 45.1 Å². The van der Waals surface area contributed by atoms with Gasteiger partial charge in [-0.1, -0.05) is 51.0 Å². The van der Waals surface area contributed by atoms with Crippen LogP contribution < -0.4 is 10.5 Å². The van der Waals surface area contributed by atoms with E-state index in [0.717, 1.165) is 24.6 Å². The lowest BCUT2D eigenvalue weighted by atomic mass is 9.81. The van der Waals surface area contributed by atoms with Gasteiger partial charge < -0.3 is 10.5 Å². The summed E-state index contributed by atoms with van der Waals surface area (Å²) in [7, 11) is 0. The number of aliphatic imine (C=N–C) groups is 1. The Morgan fingerprint density at radius 2 is 2.05 bits per heavy atom. The second-order valence-corrected chi connectivity index (χ2v) is 6.40. The van der Waals surface area contributed by atoms with Crippen LogP contribution in [0.2, 0.25) is 0 Å². The Labute approximate surface area is 133 Å². The Kier molecular flexibility index (Phi) is 4.51. The van der Waals surface area contributed by atoms with Gasteiger partial charge in [0.15, 0.2) is 0 Å². The second-order valence-electron chi connectivity index (χ2n) is 6.40. The van der Waals surface area contributed by atoms with Crippen molar-refractivity contribution in [1.82, 2.24) is 0 Å². The number of hydrogen-bond acceptors (Lipinski definition) is 2. The molecule has 0 fully saturated rings. The molecule has 3 heteroatoms. The van der Waals surface area contributed by atoms with Gasteiger partial charge in [-0.3, -0.25) is 4.99 Å². The van der Waals surface area contributed by atoms with Crippen molar-refractivity contribution in [1.29, 1.82) is 0 Å². The Balaban J connectivity index is 1.71. The summed E-state index contributed by atoms with van der Waals surface area (Å²) in [6.07, 6.45) is 7.84. The Morgan fingerprint density at radius 3 is 2.82 bits per heavy atom. The Hall–Kier alpha value is -1.77. The zero-order chi connectivity index (χ0) is 15.5. The molecule has 1 aliphatic carbocycles. The molecule has 1 aliphatic heterocycles. The van der Waals surface area contributed by atoms with Crippen LogP contribution in [0.25, 0.3) is 0 Å². The maximum Gasteiger partial charge on any atom is 0.124 e. The molecule has 0 aromatic heterocycles. The summed E-state index contributed by atoms with van der Waals surface area (Å²) in [6.45, 7) is 5.29. The molecule has 0 bridgehead atoms. The van der Waals surface area contributed by atoms with Gasteiger partial charge >= 0.3 is 0 Å². The molecule has 0 saturated carbocycles. The summed E-state index contributed by atoms with van der Waals surface area (Å²) in [5, 5.41) is 0. The molecule has 3 nitrogen and oxygen atoms in total. The predicted molar refractivity (Wildman–Crippen MR) is 91.4 cm³/mol. The number of amidine groups is 1. The molecule has 2 N–H and O–H groups in total. The van der Waals surface area contributed by atoms with E-state index in [-0.39, 0.29) is 12.0 Å². The number of fused-ring (bicyclic) bond motifs is 3. The highest BCUT2D eigenvalue weighted by molar-refractivity contribution is 5.84. The van der Waals surface area contributed by atoms with E-state index in [9.17, 15) is 0 Å². The molecular formula is C19H26N2O. The molecular weight excluding hydrogens is 272 g/mol. The van der Waals surface area contributed by atoms with E-state index in [1.807, 2.05) is 6.07 Å². The van der Waals surface area contributed by atoms with Crippen molar-refractivity contribution in [3.8, 4) is 5.75 Å². The number of rotatable bonds is 5. The zero-order valence-corrected chi connectivity index (χ0v) is 13.5. The lowest BCUT2D eigenvalue weighted by molar-refractivity contribution is 0.239. The largest absolute Gasteiger partial charge is 0.485 e. The smallest absolute Gasteiger partial charge is 0.124 e. The van der Waals surface area contributed by atoms with E-state index in [1.54, 1.807) is 0 Å². The van der Waals surface area contributed by atoms with Gasteiger partial charge in [0, 0.05) is 23.9 Å². The van der Waals surface area contributed by atoms with Crippen LogP contribution in [0.4, 0.5) is 0 Å². The van der Waals surface area contributed by atoms with Gasteiger partial charge in [0.25, 0.3) is 0 Å². The fourth-order valence-electron chi connectivity index (χ4n) is 3.45. The quantitative estimate of drug-likeness (QED) is 0.509. The third-order valence-corrected chi connectivity index (χ3v) is 5.09. The first-order valence-corrected chi connectivity index (χ1v) is 8.46. The Morgan fingerprint density at radius 1 is 1.27 bits per heavy atom. The molecule has 3 unspecified atom stereocenters. The lowest BCUT2D eigenvalue weighted by Gasteiger charge is -2.25. The van der Waals surface area contributed by atoms with Gasteiger partial charge in [0.1, 0.15) is 17.7 Å². The summed E-state index contributed by atoms with van der Waals surface area (Å²) in [5.41, 5.74) is 7.58. The minimum atomic E-state index is 0.167. The minimum absolute atomic E-state index is 0.167. The van der Waals surface area contributed by atoms with Crippen LogP contribution >= 0.6 is 0 Å². The molecule has 1 aromatic rings. The third kappa shape index (κ3) is 2.90. The Bertz CT molecular complexity index is 575. The first-order chi connectivity index (χ1) is 10.7. The van der Waals surface area contributed by atoms with Gasteiger partial charge in [0.2, 0.25) is 0 Å². The van der Waals surface area contributed by atoms with E-state index >= 15 is 0 Å². The van der Waals surface area contributed by atoms with Crippen molar-refractivity contribution in [3.05, 3.63) is 42.0 Å². The van der Waals surface area contributed by atoms with Crippen LogP contribution in [0, 0.1) is 11.8 Å². The topological polar surface area (TPSA) is 47.6 Å². The number of para-hydroxylation sites is 1. The number of nitrogens with zero attached hydrogens (tertiary/aromatic N) is 1. The molecule has 0 saturated heterocycles. The maximum absolute atomic E-state index is 6.27. The molecule has 2 aliphatic rings. The fourth-order valence-corrected chi connectivity index (χ4v) is 3.45. The highest BCUT2D eigenvalue weighted by Crippen LogP contribution is 2.44. The summed E-state index contributed by atoms with van der Waals surface area (Å²) in [4.78, 5) is 4.66. The number of nitrogens with two attached hydrogens (primary N) is 1. The first kappa shape index (κ1) is 15.1. The summed E-state index contributed by atoms with van der Waals surface area (Å²) in [6, 6.07) is 8.35. The average Bonchev–Trinajstić information content (AvgIpc) is 2.93. The van der Waals surface area contributed by atoms with Crippen LogP contribution in [0.1, 0.15) is 44.6 Å². The van der Waals surface area contributed by atoms with E-state index in [2.05, 4.69) is 49.2 Å². The zero-order valence-electron chi connectivity index (χ0n) is 13.5. The molecule has 3 rings (SSSR count). The molecule has 1 aromatic carbocycles. The van der Waals surface area contributed by atoms with E-state index < -0.39 is 0 Å². The van der Waals surface area contributed by atoms with Crippen LogP contribution in [0.15, 0.2) is 41.4 Å². The SMILES string of the molecule is CCC(CC)CN=C(N)C1C=CC2Oc3ccccc3C2C1. The van der Waals surface area contributed by atoms with Gasteiger partial charge in [-0.15, -0.1) is 0 Å². The monoisotopic (exact) mass is 298 g/mol. The van der Waals surface area contributed by atoms with Crippen molar-refractivity contribution in [2.75, 3.05) is 6.54 Å². The molecule has 0 spiro atoms. The van der Waals surface area contributed by atoms with Crippen LogP contribution in [0.5, 0.6) is 5.75 Å². The number of benzene rings is 1. The summed E-state index contributed by atoms with van der Waals surface area (Å²) < 4.78 is 6.00.